The van der Waals surface area contributed by atoms with Crippen LogP contribution in [0.2, 0.25) is 0 Å². The number of fused-ring (bicyclic) bond motifs is 2. The molecule has 18 heteroatoms. The van der Waals surface area contributed by atoms with Crippen LogP contribution in [0.15, 0.2) is 120 Å². The fourth-order valence-corrected chi connectivity index (χ4v) is 11.7. The van der Waals surface area contributed by atoms with Crippen molar-refractivity contribution in [3.8, 4) is 17.6 Å². The van der Waals surface area contributed by atoms with E-state index in [0.29, 0.717) is 33.6 Å². The van der Waals surface area contributed by atoms with Gasteiger partial charge in [-0.25, -0.2) is 14.4 Å². The van der Waals surface area contributed by atoms with Crippen LogP contribution in [-0.2, 0) is 24.1 Å². The number of morpholine rings is 1. The summed E-state index contributed by atoms with van der Waals surface area (Å²) < 4.78 is 48.5. The lowest BCUT2D eigenvalue weighted by Crippen LogP contribution is -2.51. The molecule has 2 bridgehead atoms. The molecular weight excluding hydrogens is 916 g/mol. The summed E-state index contributed by atoms with van der Waals surface area (Å²) in [5, 5.41) is 13.1. The summed E-state index contributed by atoms with van der Waals surface area (Å²) in [6, 6.07) is 35.7. The summed E-state index contributed by atoms with van der Waals surface area (Å²) in [7, 11) is 1.39. The minimum atomic E-state index is -1.87. The molecule has 5 atom stereocenters. The van der Waals surface area contributed by atoms with E-state index < -0.39 is 49.7 Å². The summed E-state index contributed by atoms with van der Waals surface area (Å²) in [6.07, 6.45) is -0.0597. The number of methoxy groups -OCH3 is 2. The fraction of sp³-hybridized carbons (Fsp3) is 0.373. The normalized spacial score (nSPS) is 19.3. The monoisotopic (exact) mass is 972 g/mol. The van der Waals surface area contributed by atoms with Crippen LogP contribution < -0.4 is 25.4 Å². The van der Waals surface area contributed by atoms with Crippen LogP contribution in [0, 0.1) is 25.2 Å². The fourth-order valence-electron chi connectivity index (χ4n) is 9.16. The number of nitrogens with one attached hydrogen (secondary N) is 1. The number of rotatable bonds is 20. The van der Waals surface area contributed by atoms with Crippen molar-refractivity contribution in [2.45, 2.75) is 89.6 Å². The molecule has 0 radical (unpaired) electrons. The first-order valence-electron chi connectivity index (χ1n) is 22.8. The second-order valence-electron chi connectivity index (χ2n) is 17.5. The van der Waals surface area contributed by atoms with E-state index in [1.807, 2.05) is 91.9 Å². The molecule has 2 fully saturated rings. The van der Waals surface area contributed by atoms with Crippen molar-refractivity contribution < 1.29 is 32.8 Å². The van der Waals surface area contributed by atoms with E-state index in [9.17, 15) is 14.9 Å². The molecule has 6 aromatic rings. The number of anilines is 2. The van der Waals surface area contributed by atoms with Crippen molar-refractivity contribution in [3.63, 3.8) is 0 Å². The molecular formula is C51H57N8O8PS. The topological polar surface area (TPSA) is 175 Å². The first-order chi connectivity index (χ1) is 33.3. The van der Waals surface area contributed by atoms with E-state index in [1.165, 1.54) is 16.1 Å². The number of hydrogen-bond acceptors (Lipinski definition) is 15. The predicted molar refractivity (Wildman–Crippen MR) is 265 cm³/mol. The largest absolute Gasteiger partial charge is 0.497 e. The second kappa shape index (κ2) is 21.3. The van der Waals surface area contributed by atoms with E-state index in [4.69, 9.17) is 33.0 Å². The maximum Gasteiger partial charge on any atom is 0.351 e. The lowest BCUT2D eigenvalue weighted by Gasteiger charge is -2.42. The van der Waals surface area contributed by atoms with Crippen molar-refractivity contribution in [2.24, 2.45) is 0 Å². The summed E-state index contributed by atoms with van der Waals surface area (Å²) in [4.78, 5) is 39.2. The van der Waals surface area contributed by atoms with Gasteiger partial charge in [0.05, 0.1) is 46.5 Å². The van der Waals surface area contributed by atoms with E-state index in [1.54, 1.807) is 51.6 Å². The highest BCUT2D eigenvalue weighted by atomic mass is 32.1. The van der Waals surface area contributed by atoms with Crippen molar-refractivity contribution in [1.82, 2.24) is 23.6 Å². The lowest BCUT2D eigenvalue weighted by atomic mass is 9.79. The molecule has 2 aromatic heterocycles. The van der Waals surface area contributed by atoms with Crippen LogP contribution in [0.5, 0.6) is 11.5 Å². The number of carbonyl (C=O) groups excluding carboxylic acids is 1. The number of aromatic nitrogens is 4. The zero-order chi connectivity index (χ0) is 48.9. The number of nitriles is 1. The molecule has 2 aliphatic rings. The zero-order valence-corrected chi connectivity index (χ0v) is 41.6. The first kappa shape index (κ1) is 49.3. The average molecular weight is 973 g/mol. The Kier molecular flexibility index (Phi) is 15.2. The lowest BCUT2D eigenvalue weighted by molar-refractivity contribution is -0.157. The molecule has 1 unspecified atom stereocenters. The van der Waals surface area contributed by atoms with E-state index in [0.717, 1.165) is 16.7 Å². The zero-order valence-electron chi connectivity index (χ0n) is 39.9. The summed E-state index contributed by atoms with van der Waals surface area (Å²) >= 11 is 1.24. The number of amides is 1. The van der Waals surface area contributed by atoms with Gasteiger partial charge in [0.15, 0.2) is 6.23 Å². The third-order valence-corrected chi connectivity index (χ3v) is 15.2. The average Bonchev–Trinajstić information content (AvgIpc) is 4.02. The van der Waals surface area contributed by atoms with Crippen LogP contribution in [0.4, 0.5) is 10.9 Å². The van der Waals surface area contributed by atoms with Gasteiger partial charge in [0.1, 0.15) is 46.5 Å². The Labute approximate surface area is 407 Å². The standard InChI is InChI=1S/C51H57N8O8PS/c1-33(2)59(34(3)4)68(65-29-15-28-52)67-44-43-47(57-30-35(5)45(55-48(57)61)54-46(60)37-16-11-9-12-17-37)66-50(44,31-58(43)49-53-36(6)56-69-49)32-64-51(38-18-13-10-14-19-38,39-20-24-41(62-7)25-21-39)40-22-26-42(63-8)27-23-40/h9-14,16-27,30,33-34,43-44,47H,15,29,31-32H2,1-8H3,(H,54,55,60,61)/t43-,44+,47-,50-,68?/m1/s1. The Morgan fingerprint density at radius 1 is 0.913 bits per heavy atom. The summed E-state index contributed by atoms with van der Waals surface area (Å²) in [6.45, 7) is 12.2. The molecule has 4 heterocycles. The number of carbonyl (C=O) groups is 1. The van der Waals surface area contributed by atoms with Gasteiger partial charge in [0.25, 0.3) is 14.4 Å². The van der Waals surface area contributed by atoms with E-state index in [-0.39, 0.29) is 44.1 Å². The van der Waals surface area contributed by atoms with Gasteiger partial charge in [-0.1, -0.05) is 72.8 Å². The predicted octanol–water partition coefficient (Wildman–Crippen LogP) is 8.81. The van der Waals surface area contributed by atoms with Crippen LogP contribution in [0.25, 0.3) is 0 Å². The third kappa shape index (κ3) is 10.0. The summed E-state index contributed by atoms with van der Waals surface area (Å²) in [5.74, 6) is 1.66. The maximum atomic E-state index is 14.5. The molecule has 2 aliphatic heterocycles. The number of ether oxygens (including phenoxy) is 4. The minimum Gasteiger partial charge on any atom is -0.497 e. The Morgan fingerprint density at radius 3 is 2.06 bits per heavy atom. The highest BCUT2D eigenvalue weighted by Crippen LogP contribution is 2.57. The molecule has 0 spiro atoms. The van der Waals surface area contributed by atoms with Gasteiger partial charge in [0.2, 0.25) is 5.13 Å². The number of aryl methyl sites for hydroxylation is 2. The van der Waals surface area contributed by atoms with Crippen LogP contribution in [0.1, 0.15) is 78.8 Å². The van der Waals surface area contributed by atoms with E-state index >= 15 is 0 Å². The first-order valence-corrected chi connectivity index (χ1v) is 24.7. The SMILES string of the molecule is COc1ccc(C(OC[C@@]23CN(c4nc(C)ns4)[C@@H]([C@H](n4cc(C)c(NC(=O)c5ccccc5)nc4=O)O2)[C@@H]3OP(OCCC#N)N(C(C)C)C(C)C)(c2ccccc2)c2ccc(OC)cc2)cc1. The van der Waals surface area contributed by atoms with Gasteiger partial charge in [-0.3, -0.25) is 9.36 Å². The quantitative estimate of drug-likeness (QED) is 0.0436. The summed E-state index contributed by atoms with van der Waals surface area (Å²) in [5.41, 5.74) is 0.168. The van der Waals surface area contributed by atoms with Gasteiger partial charge in [0, 0.05) is 40.9 Å². The Bertz CT molecular complexity index is 2740. The molecule has 2 saturated heterocycles. The molecule has 0 saturated carbocycles. The number of hydrogen-bond donors (Lipinski definition) is 1. The molecule has 1 amide bonds. The van der Waals surface area contributed by atoms with Gasteiger partial charge < -0.3 is 38.2 Å². The minimum absolute atomic E-state index is 0.0212. The molecule has 0 aliphatic carbocycles. The van der Waals surface area contributed by atoms with Crippen molar-refractivity contribution in [1.29, 1.82) is 5.26 Å². The van der Waals surface area contributed by atoms with Crippen molar-refractivity contribution in [2.75, 3.05) is 44.2 Å². The Balaban J connectivity index is 1.31. The van der Waals surface area contributed by atoms with Crippen molar-refractivity contribution in [3.05, 3.63) is 160 Å². The highest BCUT2D eigenvalue weighted by molar-refractivity contribution is 7.44. The van der Waals surface area contributed by atoms with Crippen LogP contribution in [0.3, 0.4) is 0 Å². The van der Waals surface area contributed by atoms with Crippen LogP contribution >= 0.6 is 20.1 Å². The van der Waals surface area contributed by atoms with Crippen molar-refractivity contribution >= 4 is 36.9 Å². The van der Waals surface area contributed by atoms with Gasteiger partial charge >= 0.3 is 5.69 Å². The van der Waals surface area contributed by atoms with E-state index in [2.05, 4.69) is 58.0 Å². The second-order valence-corrected chi connectivity index (χ2v) is 19.6. The molecule has 4 aromatic carbocycles. The molecule has 1 N–H and O–H groups in total. The van der Waals surface area contributed by atoms with Gasteiger partial charge in [-0.2, -0.15) is 14.6 Å². The molecule has 8 rings (SSSR count). The molecule has 16 nitrogen and oxygen atoms in total. The molecule has 69 heavy (non-hydrogen) atoms. The maximum absolute atomic E-state index is 14.5. The molecule has 360 valence electrons. The number of benzene rings is 4. The highest BCUT2D eigenvalue weighted by Gasteiger charge is 2.68. The van der Waals surface area contributed by atoms with Gasteiger partial charge in [-0.05, 0) is 94.6 Å². The third-order valence-electron chi connectivity index (χ3n) is 12.3. The van der Waals surface area contributed by atoms with Crippen LogP contribution in [-0.4, -0.2) is 93.3 Å². The van der Waals surface area contributed by atoms with Gasteiger partial charge in [-0.15, -0.1) is 0 Å². The number of nitrogens with zero attached hydrogens (tertiary/aromatic N) is 7. The smallest absolute Gasteiger partial charge is 0.351 e. The Morgan fingerprint density at radius 2 is 1.51 bits per heavy atom. The Hall–Kier alpha value is -6.09.